The molecule has 0 amide bonds. The third-order valence-corrected chi connectivity index (χ3v) is 3.95. The summed E-state index contributed by atoms with van der Waals surface area (Å²) in [6.07, 6.45) is 2.29. The lowest BCUT2D eigenvalue weighted by Gasteiger charge is -2.23. The van der Waals surface area contributed by atoms with Gasteiger partial charge in [-0.3, -0.25) is 0 Å². The number of hydrogen-bond donors (Lipinski definition) is 0. The van der Waals surface area contributed by atoms with Gasteiger partial charge in [0.15, 0.2) is 0 Å². The molecule has 0 fully saturated rings. The van der Waals surface area contributed by atoms with Gasteiger partial charge < -0.3 is 4.74 Å². The summed E-state index contributed by atoms with van der Waals surface area (Å²) in [5.41, 5.74) is 6.59. The predicted molar refractivity (Wildman–Crippen MR) is 100 cm³/mol. The second-order valence-electron chi connectivity index (χ2n) is 6.32. The molecule has 0 aromatic heterocycles. The van der Waals surface area contributed by atoms with Gasteiger partial charge in [0.1, 0.15) is 5.76 Å². The molecular weight excluding hydrogens is 268 g/mol. The van der Waals surface area contributed by atoms with Crippen molar-refractivity contribution in [2.45, 2.75) is 81.3 Å². The van der Waals surface area contributed by atoms with Crippen molar-refractivity contribution in [3.8, 4) is 0 Å². The van der Waals surface area contributed by atoms with Crippen LogP contribution in [0, 0.1) is 26.7 Å². The molecule has 1 aromatic carbocycles. The molecule has 1 aromatic rings. The first-order valence-corrected chi connectivity index (χ1v) is 8.73. The third-order valence-electron chi connectivity index (χ3n) is 3.95. The highest BCUT2D eigenvalue weighted by Crippen LogP contribution is 2.30. The second kappa shape index (κ2) is 9.71. The molecule has 0 spiro atoms. The van der Waals surface area contributed by atoms with Crippen molar-refractivity contribution in [1.29, 1.82) is 0 Å². The SMILES string of the molecule is C=C(OC(C)CC(C)C)c1c(C)cc(C)c(C)c1CC.CC. The number of ether oxygens (including phenoxy) is 1. The lowest BCUT2D eigenvalue weighted by molar-refractivity contribution is 0.160. The minimum absolute atomic E-state index is 0.216. The number of rotatable bonds is 6. The van der Waals surface area contributed by atoms with Gasteiger partial charge in [0.05, 0.1) is 6.10 Å². The van der Waals surface area contributed by atoms with Crippen molar-refractivity contribution in [3.05, 3.63) is 40.5 Å². The summed E-state index contributed by atoms with van der Waals surface area (Å²) in [6.45, 7) is 23.5. The Hall–Kier alpha value is -1.24. The van der Waals surface area contributed by atoms with Crippen LogP contribution in [0.3, 0.4) is 0 Å². The molecule has 1 unspecified atom stereocenters. The van der Waals surface area contributed by atoms with Crippen LogP contribution < -0.4 is 0 Å². The molecule has 126 valence electrons. The van der Waals surface area contributed by atoms with Crippen LogP contribution in [0.5, 0.6) is 0 Å². The van der Waals surface area contributed by atoms with E-state index in [0.717, 1.165) is 18.6 Å². The van der Waals surface area contributed by atoms with Crippen LogP contribution in [0.1, 0.15) is 75.8 Å². The van der Waals surface area contributed by atoms with Crippen molar-refractivity contribution in [1.82, 2.24) is 0 Å². The van der Waals surface area contributed by atoms with E-state index in [4.69, 9.17) is 4.74 Å². The maximum absolute atomic E-state index is 6.07. The Morgan fingerprint density at radius 2 is 1.64 bits per heavy atom. The first-order valence-electron chi connectivity index (χ1n) is 8.73. The van der Waals surface area contributed by atoms with Gasteiger partial charge in [-0.2, -0.15) is 0 Å². The normalized spacial score (nSPS) is 11.7. The largest absolute Gasteiger partial charge is 0.491 e. The number of benzene rings is 1. The van der Waals surface area contributed by atoms with Gasteiger partial charge in [0.2, 0.25) is 0 Å². The fraction of sp³-hybridized carbons (Fsp3) is 0.619. The van der Waals surface area contributed by atoms with Crippen LogP contribution in [-0.4, -0.2) is 6.10 Å². The molecule has 1 atom stereocenters. The standard InChI is InChI=1S/C19H30O.C2H6/c1-9-18-16(7)13(4)11-14(5)19(18)17(8)20-15(6)10-12(2)3;1-2/h11-12,15H,8-10H2,1-7H3;1-2H3. The smallest absolute Gasteiger partial charge is 0.120 e. The van der Waals surface area contributed by atoms with Crippen LogP contribution in [0.2, 0.25) is 0 Å². The maximum atomic E-state index is 6.07. The van der Waals surface area contributed by atoms with Crippen molar-refractivity contribution in [2.75, 3.05) is 0 Å². The molecule has 0 bridgehead atoms. The Balaban J connectivity index is 0.00000211. The Morgan fingerprint density at radius 1 is 1.09 bits per heavy atom. The van der Waals surface area contributed by atoms with Gasteiger partial charge in [0.25, 0.3) is 0 Å². The van der Waals surface area contributed by atoms with Gasteiger partial charge in [-0.1, -0.05) is 47.3 Å². The highest BCUT2D eigenvalue weighted by atomic mass is 16.5. The first kappa shape index (κ1) is 20.8. The molecule has 22 heavy (non-hydrogen) atoms. The van der Waals surface area contributed by atoms with Crippen LogP contribution >= 0.6 is 0 Å². The van der Waals surface area contributed by atoms with Crippen LogP contribution in [-0.2, 0) is 11.2 Å². The summed E-state index contributed by atoms with van der Waals surface area (Å²) in [5, 5.41) is 0. The fourth-order valence-electron chi connectivity index (χ4n) is 3.01. The molecule has 0 aliphatic heterocycles. The highest BCUT2D eigenvalue weighted by Gasteiger charge is 2.16. The van der Waals surface area contributed by atoms with E-state index in [1.54, 1.807) is 0 Å². The van der Waals surface area contributed by atoms with E-state index in [-0.39, 0.29) is 6.10 Å². The highest BCUT2D eigenvalue weighted by molar-refractivity contribution is 5.67. The molecule has 0 aliphatic rings. The molecule has 0 heterocycles. The molecule has 1 nitrogen and oxygen atoms in total. The molecule has 1 heteroatoms. The zero-order valence-electron chi connectivity index (χ0n) is 16.3. The van der Waals surface area contributed by atoms with Crippen LogP contribution in [0.15, 0.2) is 12.6 Å². The predicted octanol–water partition coefficient (Wildman–Crippen LogP) is 6.62. The zero-order valence-corrected chi connectivity index (χ0v) is 16.3. The molecular formula is C21H36O. The average molecular weight is 305 g/mol. The average Bonchev–Trinajstić information content (AvgIpc) is 2.43. The quantitative estimate of drug-likeness (QED) is 0.536. The van der Waals surface area contributed by atoms with Crippen molar-refractivity contribution in [2.24, 2.45) is 5.92 Å². The van der Waals surface area contributed by atoms with E-state index in [9.17, 15) is 0 Å². The zero-order chi connectivity index (χ0) is 17.4. The summed E-state index contributed by atoms with van der Waals surface area (Å²) in [4.78, 5) is 0. The molecule has 0 aliphatic carbocycles. The lowest BCUT2D eigenvalue weighted by Crippen LogP contribution is -2.12. The van der Waals surface area contributed by atoms with E-state index < -0.39 is 0 Å². The first-order chi connectivity index (χ1) is 10.3. The minimum Gasteiger partial charge on any atom is -0.491 e. The second-order valence-corrected chi connectivity index (χ2v) is 6.32. The molecule has 1 rings (SSSR count). The Kier molecular flexibility index (Phi) is 9.16. The molecule has 0 saturated carbocycles. The summed E-state index contributed by atoms with van der Waals surface area (Å²) in [5.74, 6) is 1.47. The molecule has 0 radical (unpaired) electrons. The summed E-state index contributed by atoms with van der Waals surface area (Å²) in [7, 11) is 0. The van der Waals surface area contributed by atoms with E-state index in [2.05, 4.69) is 61.1 Å². The summed E-state index contributed by atoms with van der Waals surface area (Å²) >= 11 is 0. The van der Waals surface area contributed by atoms with Crippen molar-refractivity contribution < 1.29 is 4.74 Å². The van der Waals surface area contributed by atoms with Gasteiger partial charge in [-0.25, -0.2) is 0 Å². The van der Waals surface area contributed by atoms with Crippen molar-refractivity contribution >= 4 is 5.76 Å². The van der Waals surface area contributed by atoms with E-state index in [0.29, 0.717) is 5.92 Å². The van der Waals surface area contributed by atoms with E-state index in [1.807, 2.05) is 13.8 Å². The van der Waals surface area contributed by atoms with Gasteiger partial charge in [-0.15, -0.1) is 0 Å². The van der Waals surface area contributed by atoms with E-state index >= 15 is 0 Å². The minimum atomic E-state index is 0.216. The maximum Gasteiger partial charge on any atom is 0.120 e. The monoisotopic (exact) mass is 304 g/mol. The lowest BCUT2D eigenvalue weighted by atomic mass is 9.91. The molecule has 0 saturated heterocycles. The van der Waals surface area contributed by atoms with Crippen LogP contribution in [0.25, 0.3) is 5.76 Å². The summed E-state index contributed by atoms with van der Waals surface area (Å²) < 4.78 is 6.07. The summed E-state index contributed by atoms with van der Waals surface area (Å²) in [6, 6.07) is 2.24. The van der Waals surface area contributed by atoms with Crippen LogP contribution in [0.4, 0.5) is 0 Å². The Labute approximate surface area is 138 Å². The fourth-order valence-corrected chi connectivity index (χ4v) is 3.01. The van der Waals surface area contributed by atoms with E-state index in [1.165, 1.54) is 27.8 Å². The van der Waals surface area contributed by atoms with Gasteiger partial charge in [-0.05, 0) is 68.7 Å². The Morgan fingerprint density at radius 3 is 2.09 bits per heavy atom. The van der Waals surface area contributed by atoms with Gasteiger partial charge >= 0.3 is 0 Å². The topological polar surface area (TPSA) is 9.23 Å². The number of hydrogen-bond acceptors (Lipinski definition) is 1. The molecule has 0 N–H and O–H groups in total. The van der Waals surface area contributed by atoms with Crippen molar-refractivity contribution in [3.63, 3.8) is 0 Å². The number of aryl methyl sites for hydroxylation is 2. The van der Waals surface area contributed by atoms with Gasteiger partial charge in [0, 0.05) is 5.56 Å². The Bertz CT molecular complexity index is 483. The third kappa shape index (κ3) is 5.51.